The standard InChI is InChI=1S/C16H20ClNO2/c17-14-5-7-15(8-6-14)20-11-16(19)18(9-12-1-2-12)10-13-3-4-13/h5-8,12-13H,1-4,9-11H2. The molecule has 1 aromatic rings. The SMILES string of the molecule is O=C(COc1ccc(Cl)cc1)N(CC1CC1)CC1CC1. The zero-order valence-corrected chi connectivity index (χ0v) is 12.3. The Kier molecular flexibility index (Phi) is 4.16. The lowest BCUT2D eigenvalue weighted by molar-refractivity contribution is -0.133. The van der Waals surface area contributed by atoms with E-state index in [1.54, 1.807) is 24.3 Å². The van der Waals surface area contributed by atoms with Gasteiger partial charge in [0.25, 0.3) is 5.91 Å². The van der Waals surface area contributed by atoms with Crippen LogP contribution in [0.4, 0.5) is 0 Å². The van der Waals surface area contributed by atoms with Crippen molar-refractivity contribution in [2.45, 2.75) is 25.7 Å². The summed E-state index contributed by atoms with van der Waals surface area (Å²) in [4.78, 5) is 14.3. The zero-order chi connectivity index (χ0) is 13.9. The molecule has 0 spiro atoms. The molecule has 0 aliphatic heterocycles. The second-order valence-electron chi connectivity index (χ2n) is 5.93. The number of benzene rings is 1. The molecule has 2 saturated carbocycles. The summed E-state index contributed by atoms with van der Waals surface area (Å²) >= 11 is 5.82. The molecule has 0 unspecified atom stereocenters. The lowest BCUT2D eigenvalue weighted by Crippen LogP contribution is -2.38. The molecule has 4 heteroatoms. The summed E-state index contributed by atoms with van der Waals surface area (Å²) < 4.78 is 5.56. The second kappa shape index (κ2) is 6.04. The Bertz CT molecular complexity index is 452. The average molecular weight is 294 g/mol. The Morgan fingerprint density at radius 2 is 1.65 bits per heavy atom. The molecule has 2 aliphatic rings. The summed E-state index contributed by atoms with van der Waals surface area (Å²) in [6, 6.07) is 7.13. The van der Waals surface area contributed by atoms with Crippen molar-refractivity contribution in [1.82, 2.24) is 4.90 Å². The summed E-state index contributed by atoms with van der Waals surface area (Å²) in [5.41, 5.74) is 0. The molecule has 2 fully saturated rings. The Morgan fingerprint density at radius 1 is 1.10 bits per heavy atom. The van der Waals surface area contributed by atoms with Gasteiger partial charge in [0.1, 0.15) is 5.75 Å². The minimum atomic E-state index is 0.110. The number of amides is 1. The maximum atomic E-state index is 12.3. The van der Waals surface area contributed by atoms with E-state index in [9.17, 15) is 4.79 Å². The van der Waals surface area contributed by atoms with Gasteiger partial charge in [-0.1, -0.05) is 11.6 Å². The number of nitrogens with zero attached hydrogens (tertiary/aromatic N) is 1. The van der Waals surface area contributed by atoms with Gasteiger partial charge in [0.2, 0.25) is 0 Å². The molecule has 0 N–H and O–H groups in total. The quantitative estimate of drug-likeness (QED) is 0.771. The first kappa shape index (κ1) is 13.7. The predicted molar refractivity (Wildman–Crippen MR) is 79.0 cm³/mol. The predicted octanol–water partition coefficient (Wildman–Crippen LogP) is 3.37. The van der Waals surface area contributed by atoms with Crippen molar-refractivity contribution in [2.24, 2.45) is 11.8 Å². The van der Waals surface area contributed by atoms with E-state index in [-0.39, 0.29) is 12.5 Å². The van der Waals surface area contributed by atoms with Crippen LogP contribution in [0.2, 0.25) is 5.02 Å². The molecule has 0 bridgehead atoms. The number of halogens is 1. The monoisotopic (exact) mass is 293 g/mol. The van der Waals surface area contributed by atoms with Gasteiger partial charge in [0, 0.05) is 18.1 Å². The molecule has 3 nitrogen and oxygen atoms in total. The molecule has 0 radical (unpaired) electrons. The molecule has 0 aromatic heterocycles. The minimum absolute atomic E-state index is 0.110. The fraction of sp³-hybridized carbons (Fsp3) is 0.562. The number of carbonyl (C=O) groups excluding carboxylic acids is 1. The van der Waals surface area contributed by atoms with Crippen molar-refractivity contribution in [3.8, 4) is 5.75 Å². The molecule has 108 valence electrons. The van der Waals surface area contributed by atoms with E-state index in [0.717, 1.165) is 24.9 Å². The van der Waals surface area contributed by atoms with Crippen LogP contribution in [-0.4, -0.2) is 30.5 Å². The number of carbonyl (C=O) groups is 1. The summed E-state index contributed by atoms with van der Waals surface area (Å²) in [6.45, 7) is 1.96. The van der Waals surface area contributed by atoms with Crippen LogP contribution in [0.1, 0.15) is 25.7 Å². The van der Waals surface area contributed by atoms with E-state index >= 15 is 0 Å². The Labute approximate surface area is 124 Å². The molecule has 3 rings (SSSR count). The van der Waals surface area contributed by atoms with Gasteiger partial charge in [-0.05, 0) is 61.8 Å². The highest BCUT2D eigenvalue weighted by Crippen LogP contribution is 2.33. The third kappa shape index (κ3) is 4.14. The van der Waals surface area contributed by atoms with Gasteiger partial charge in [-0.3, -0.25) is 4.79 Å². The molecular weight excluding hydrogens is 274 g/mol. The number of ether oxygens (including phenoxy) is 1. The number of hydrogen-bond acceptors (Lipinski definition) is 2. The van der Waals surface area contributed by atoms with Crippen LogP contribution in [0, 0.1) is 11.8 Å². The summed E-state index contributed by atoms with van der Waals surface area (Å²) in [5, 5.41) is 0.674. The van der Waals surface area contributed by atoms with Gasteiger partial charge in [-0.15, -0.1) is 0 Å². The van der Waals surface area contributed by atoms with Crippen LogP contribution in [-0.2, 0) is 4.79 Å². The lowest BCUT2D eigenvalue weighted by atomic mass is 10.3. The third-order valence-corrected chi connectivity index (χ3v) is 4.13. The Morgan fingerprint density at radius 3 is 2.15 bits per heavy atom. The normalized spacial score (nSPS) is 17.9. The van der Waals surface area contributed by atoms with Crippen LogP contribution in [0.5, 0.6) is 5.75 Å². The Balaban J connectivity index is 1.50. The van der Waals surface area contributed by atoms with Gasteiger partial charge < -0.3 is 9.64 Å². The van der Waals surface area contributed by atoms with E-state index < -0.39 is 0 Å². The average Bonchev–Trinajstić information content (AvgIpc) is 3.32. The van der Waals surface area contributed by atoms with Crippen LogP contribution >= 0.6 is 11.6 Å². The first-order valence-corrected chi connectivity index (χ1v) is 7.74. The molecule has 2 aliphatic carbocycles. The van der Waals surface area contributed by atoms with Crippen LogP contribution in [0.15, 0.2) is 24.3 Å². The highest BCUT2D eigenvalue weighted by Gasteiger charge is 2.31. The fourth-order valence-electron chi connectivity index (χ4n) is 2.27. The molecule has 1 amide bonds. The van der Waals surface area contributed by atoms with Gasteiger partial charge in [0.15, 0.2) is 6.61 Å². The second-order valence-corrected chi connectivity index (χ2v) is 6.36. The highest BCUT2D eigenvalue weighted by atomic mass is 35.5. The van der Waals surface area contributed by atoms with E-state index in [4.69, 9.17) is 16.3 Å². The van der Waals surface area contributed by atoms with E-state index in [0.29, 0.717) is 10.8 Å². The molecule has 0 atom stereocenters. The first-order chi connectivity index (χ1) is 9.70. The van der Waals surface area contributed by atoms with E-state index in [1.165, 1.54) is 25.7 Å². The van der Waals surface area contributed by atoms with Crippen LogP contribution < -0.4 is 4.74 Å². The zero-order valence-electron chi connectivity index (χ0n) is 11.6. The van der Waals surface area contributed by atoms with Crippen LogP contribution in [0.25, 0.3) is 0 Å². The number of rotatable bonds is 7. The Hall–Kier alpha value is -1.22. The lowest BCUT2D eigenvalue weighted by Gasteiger charge is -2.22. The molecule has 20 heavy (non-hydrogen) atoms. The van der Waals surface area contributed by atoms with Gasteiger partial charge >= 0.3 is 0 Å². The molecule has 0 saturated heterocycles. The molecular formula is C16H20ClNO2. The molecule has 0 heterocycles. The number of hydrogen-bond donors (Lipinski definition) is 0. The third-order valence-electron chi connectivity index (χ3n) is 3.88. The maximum Gasteiger partial charge on any atom is 0.260 e. The van der Waals surface area contributed by atoms with Crippen molar-refractivity contribution >= 4 is 17.5 Å². The van der Waals surface area contributed by atoms with Crippen molar-refractivity contribution in [3.63, 3.8) is 0 Å². The van der Waals surface area contributed by atoms with Gasteiger partial charge in [-0.2, -0.15) is 0 Å². The summed E-state index contributed by atoms with van der Waals surface area (Å²) in [6.07, 6.45) is 5.08. The van der Waals surface area contributed by atoms with E-state index in [1.807, 2.05) is 4.90 Å². The summed E-state index contributed by atoms with van der Waals surface area (Å²) in [7, 11) is 0. The highest BCUT2D eigenvalue weighted by molar-refractivity contribution is 6.30. The van der Waals surface area contributed by atoms with Crippen LogP contribution in [0.3, 0.4) is 0 Å². The largest absolute Gasteiger partial charge is 0.484 e. The topological polar surface area (TPSA) is 29.5 Å². The summed E-state index contributed by atoms with van der Waals surface area (Å²) in [5.74, 6) is 2.26. The maximum absolute atomic E-state index is 12.3. The van der Waals surface area contributed by atoms with Crippen molar-refractivity contribution in [1.29, 1.82) is 0 Å². The van der Waals surface area contributed by atoms with Crippen molar-refractivity contribution < 1.29 is 9.53 Å². The smallest absolute Gasteiger partial charge is 0.260 e. The van der Waals surface area contributed by atoms with Crippen molar-refractivity contribution in [2.75, 3.05) is 19.7 Å². The molecule has 1 aromatic carbocycles. The first-order valence-electron chi connectivity index (χ1n) is 7.37. The van der Waals surface area contributed by atoms with E-state index in [2.05, 4.69) is 0 Å². The fourth-order valence-corrected chi connectivity index (χ4v) is 2.40. The van der Waals surface area contributed by atoms with Gasteiger partial charge in [-0.25, -0.2) is 0 Å². The van der Waals surface area contributed by atoms with Gasteiger partial charge in [0.05, 0.1) is 0 Å². The minimum Gasteiger partial charge on any atom is -0.484 e. The van der Waals surface area contributed by atoms with Crippen molar-refractivity contribution in [3.05, 3.63) is 29.3 Å².